The second kappa shape index (κ2) is 12.3. The summed E-state index contributed by atoms with van der Waals surface area (Å²) in [7, 11) is 0. The fourth-order valence-electron chi connectivity index (χ4n) is 5.43. The van der Waals surface area contributed by atoms with E-state index in [0.717, 1.165) is 6.42 Å². The number of rotatable bonds is 10. The third kappa shape index (κ3) is 8.52. The maximum Gasteiger partial charge on any atom is 0.0381 e. The molecule has 0 saturated carbocycles. The van der Waals surface area contributed by atoms with Gasteiger partial charge in [0.15, 0.2) is 0 Å². The minimum absolute atomic E-state index is 0.114. The van der Waals surface area contributed by atoms with Crippen LogP contribution in [0.3, 0.4) is 0 Å². The lowest BCUT2D eigenvalue weighted by Crippen LogP contribution is -2.32. The van der Waals surface area contributed by atoms with E-state index in [1.807, 2.05) is 0 Å². The molecule has 0 aliphatic rings. The van der Waals surface area contributed by atoms with Gasteiger partial charge in [-0.1, -0.05) is 121 Å². The first-order valence-corrected chi connectivity index (χ1v) is 14.7. The van der Waals surface area contributed by atoms with Crippen molar-refractivity contribution in [3.8, 4) is 0 Å². The van der Waals surface area contributed by atoms with Crippen LogP contribution in [0.1, 0.15) is 119 Å². The van der Waals surface area contributed by atoms with Crippen molar-refractivity contribution in [1.29, 1.82) is 0 Å². The lowest BCUT2D eigenvalue weighted by atomic mass is 9.83. The fourth-order valence-corrected chi connectivity index (χ4v) is 5.43. The van der Waals surface area contributed by atoms with Crippen LogP contribution in [0.5, 0.6) is 0 Å². The van der Waals surface area contributed by atoms with Crippen molar-refractivity contribution in [3.05, 3.63) is 58.7 Å². The second-order valence-electron chi connectivity index (χ2n) is 14.7. The highest BCUT2D eigenvalue weighted by Crippen LogP contribution is 2.34. The first-order chi connectivity index (χ1) is 16.9. The summed E-state index contributed by atoms with van der Waals surface area (Å²) >= 11 is 0. The summed E-state index contributed by atoms with van der Waals surface area (Å²) in [6, 6.07) is 15.1. The molecule has 0 aliphatic carbocycles. The molecule has 2 heteroatoms. The fraction of sp³-hybridized carbons (Fsp3) is 0.657. The smallest absolute Gasteiger partial charge is 0.0381 e. The van der Waals surface area contributed by atoms with Crippen LogP contribution >= 0.6 is 0 Å². The van der Waals surface area contributed by atoms with E-state index < -0.39 is 0 Å². The Hall–Kier alpha value is -1.96. The third-order valence-electron chi connectivity index (χ3n) is 7.85. The lowest BCUT2D eigenvalue weighted by molar-refractivity contribution is 0.413. The summed E-state index contributed by atoms with van der Waals surface area (Å²) < 4.78 is 0. The maximum absolute atomic E-state index is 3.99. The van der Waals surface area contributed by atoms with Crippen LogP contribution < -0.4 is 10.6 Å². The maximum atomic E-state index is 3.99. The number of benzene rings is 2. The molecular formula is C35H58N2. The van der Waals surface area contributed by atoms with Crippen molar-refractivity contribution in [2.45, 2.75) is 126 Å². The third-order valence-corrected chi connectivity index (χ3v) is 7.85. The zero-order valence-electron chi connectivity index (χ0n) is 26.6. The van der Waals surface area contributed by atoms with Gasteiger partial charge in [-0.15, -0.1) is 0 Å². The zero-order chi connectivity index (χ0) is 28.3. The van der Waals surface area contributed by atoms with Gasteiger partial charge in [-0.3, -0.25) is 0 Å². The molecule has 2 aromatic carbocycles. The summed E-state index contributed by atoms with van der Waals surface area (Å²) in [5.41, 5.74) is 8.31. The quantitative estimate of drug-likeness (QED) is 0.335. The normalized spacial score (nSPS) is 13.1. The van der Waals surface area contributed by atoms with Gasteiger partial charge in [0, 0.05) is 29.9 Å². The number of nitrogens with one attached hydrogen (secondary N) is 2. The molecule has 0 amide bonds. The first-order valence-electron chi connectivity index (χ1n) is 14.7. The Morgan fingerprint density at radius 1 is 0.514 bits per heavy atom. The van der Waals surface area contributed by atoms with Crippen LogP contribution in [0.4, 0.5) is 11.4 Å². The predicted molar refractivity (Wildman–Crippen MR) is 167 cm³/mol. The second-order valence-corrected chi connectivity index (χ2v) is 14.7. The Morgan fingerprint density at radius 2 is 0.811 bits per heavy atom. The van der Waals surface area contributed by atoms with Crippen LogP contribution in [0.15, 0.2) is 36.4 Å². The molecule has 0 saturated heterocycles. The van der Waals surface area contributed by atoms with Gasteiger partial charge in [-0.05, 0) is 68.9 Å². The minimum Gasteiger partial charge on any atom is -0.382 e. The molecule has 0 aliphatic heterocycles. The van der Waals surface area contributed by atoms with Gasteiger partial charge in [0.2, 0.25) is 0 Å². The first kappa shape index (κ1) is 31.3. The molecule has 2 N–H and O–H groups in total. The molecule has 37 heavy (non-hydrogen) atoms. The average Bonchev–Trinajstić information content (AvgIpc) is 2.74. The van der Waals surface area contributed by atoms with Crippen LogP contribution in [-0.4, -0.2) is 12.1 Å². The van der Waals surface area contributed by atoms with E-state index in [9.17, 15) is 0 Å². The number of hydrogen-bond donors (Lipinski definition) is 2. The summed E-state index contributed by atoms with van der Waals surface area (Å²) in [6.07, 6.45) is 0.908. The Kier molecular flexibility index (Phi) is 10.4. The Morgan fingerprint density at radius 3 is 1.05 bits per heavy atom. The van der Waals surface area contributed by atoms with Crippen LogP contribution in [0.2, 0.25) is 0 Å². The number of hydrogen-bond acceptors (Lipinski definition) is 2. The van der Waals surface area contributed by atoms with E-state index >= 15 is 0 Å². The molecule has 2 aromatic rings. The van der Waals surface area contributed by atoms with Gasteiger partial charge < -0.3 is 10.6 Å². The van der Waals surface area contributed by atoms with Crippen molar-refractivity contribution >= 4 is 11.4 Å². The molecule has 0 aromatic heterocycles. The molecular weight excluding hydrogens is 448 g/mol. The van der Waals surface area contributed by atoms with Gasteiger partial charge in [0.1, 0.15) is 0 Å². The van der Waals surface area contributed by atoms with Crippen LogP contribution in [-0.2, 0) is 17.3 Å². The van der Waals surface area contributed by atoms with Crippen LogP contribution in [0.25, 0.3) is 0 Å². The largest absolute Gasteiger partial charge is 0.382 e. The van der Waals surface area contributed by atoms with Crippen molar-refractivity contribution in [1.82, 2.24) is 0 Å². The van der Waals surface area contributed by atoms with Crippen molar-refractivity contribution in [3.63, 3.8) is 0 Å². The highest BCUT2D eigenvalue weighted by Gasteiger charge is 2.24. The molecule has 0 fully saturated rings. The number of anilines is 2. The molecule has 0 radical (unpaired) electrons. The van der Waals surface area contributed by atoms with E-state index in [2.05, 4.69) is 144 Å². The topological polar surface area (TPSA) is 24.1 Å². The highest BCUT2D eigenvalue weighted by molar-refractivity contribution is 5.61. The Labute approximate surface area is 230 Å². The molecule has 0 heterocycles. The monoisotopic (exact) mass is 506 g/mol. The molecule has 2 rings (SSSR count). The molecule has 208 valence electrons. The SMILES string of the molecule is CC(C)C(Nc1cc(C(C)(C)C)ccc1Cc1ccc(C(C)(C)C)cc1NC(C(C)C)C(C)C)C(C)C. The van der Waals surface area contributed by atoms with Crippen molar-refractivity contribution in [2.75, 3.05) is 10.6 Å². The van der Waals surface area contributed by atoms with Crippen molar-refractivity contribution in [2.24, 2.45) is 23.7 Å². The Bertz CT molecular complexity index is 901. The highest BCUT2D eigenvalue weighted by atomic mass is 14.9. The molecule has 0 unspecified atom stereocenters. The summed E-state index contributed by atoms with van der Waals surface area (Å²) in [5, 5.41) is 7.98. The van der Waals surface area contributed by atoms with Crippen molar-refractivity contribution < 1.29 is 0 Å². The van der Waals surface area contributed by atoms with Gasteiger partial charge in [0.25, 0.3) is 0 Å². The van der Waals surface area contributed by atoms with E-state index in [-0.39, 0.29) is 10.8 Å². The summed E-state index contributed by atoms with van der Waals surface area (Å²) in [4.78, 5) is 0. The molecule has 2 nitrogen and oxygen atoms in total. The Balaban J connectivity index is 2.62. The van der Waals surface area contributed by atoms with Gasteiger partial charge >= 0.3 is 0 Å². The molecule has 0 spiro atoms. The zero-order valence-corrected chi connectivity index (χ0v) is 26.6. The molecule has 0 bridgehead atoms. The van der Waals surface area contributed by atoms with E-state index in [0.29, 0.717) is 35.8 Å². The van der Waals surface area contributed by atoms with E-state index in [1.165, 1.54) is 33.6 Å². The standard InChI is InChI=1S/C35H58N2/c1-22(2)32(23(3)4)36-30-20-28(34(9,10)11)17-15-26(30)19-27-16-18-29(35(12,13)14)21-31(27)37-33(24(5)6)25(7)8/h15-18,20-25,32-33,36-37H,19H2,1-14H3. The van der Waals surface area contributed by atoms with Gasteiger partial charge in [-0.2, -0.15) is 0 Å². The van der Waals surface area contributed by atoms with Crippen LogP contribution in [0, 0.1) is 23.7 Å². The minimum atomic E-state index is 0.114. The summed E-state index contributed by atoms with van der Waals surface area (Å²) in [6.45, 7) is 32.5. The summed E-state index contributed by atoms with van der Waals surface area (Å²) in [5.74, 6) is 2.25. The van der Waals surface area contributed by atoms with Gasteiger partial charge in [-0.25, -0.2) is 0 Å². The molecule has 0 atom stereocenters. The van der Waals surface area contributed by atoms with Gasteiger partial charge in [0.05, 0.1) is 0 Å². The average molecular weight is 507 g/mol. The predicted octanol–water partition coefficient (Wildman–Crippen LogP) is 10.1. The van der Waals surface area contributed by atoms with E-state index in [4.69, 9.17) is 0 Å². The van der Waals surface area contributed by atoms with E-state index in [1.54, 1.807) is 0 Å². The lowest BCUT2D eigenvalue weighted by Gasteiger charge is -2.31.